The van der Waals surface area contributed by atoms with Gasteiger partial charge in [0.1, 0.15) is 0 Å². The minimum atomic E-state index is 0.408. The van der Waals surface area contributed by atoms with Crippen LogP contribution in [0.15, 0.2) is 53.5 Å². The maximum atomic E-state index is 4.53. The van der Waals surface area contributed by atoms with Crippen molar-refractivity contribution in [1.82, 2.24) is 20.5 Å². The van der Waals surface area contributed by atoms with Crippen molar-refractivity contribution in [2.45, 2.75) is 45.4 Å². The number of hydrogen-bond donors (Lipinski definition) is 2. The molecule has 2 aromatic rings. The molecule has 2 N–H and O–H groups in total. The number of guanidine groups is 1. The Morgan fingerprint density at radius 2 is 2.00 bits per heavy atom. The van der Waals surface area contributed by atoms with Crippen molar-refractivity contribution in [1.29, 1.82) is 0 Å². The Morgan fingerprint density at radius 1 is 1.19 bits per heavy atom. The number of pyridine rings is 1. The molecule has 26 heavy (non-hydrogen) atoms. The van der Waals surface area contributed by atoms with E-state index in [-0.39, 0.29) is 0 Å². The summed E-state index contributed by atoms with van der Waals surface area (Å²) in [7, 11) is 1.82. The maximum Gasteiger partial charge on any atom is 0.191 e. The van der Waals surface area contributed by atoms with E-state index in [0.29, 0.717) is 18.6 Å². The molecular formula is C21H29N5. The molecule has 138 valence electrons. The zero-order chi connectivity index (χ0) is 18.4. The number of hydrogen-bond acceptors (Lipinski definition) is 3. The van der Waals surface area contributed by atoms with Gasteiger partial charge in [0.05, 0.1) is 12.2 Å². The molecule has 1 fully saturated rings. The molecule has 0 amide bonds. The molecule has 2 heterocycles. The Morgan fingerprint density at radius 3 is 2.73 bits per heavy atom. The van der Waals surface area contributed by atoms with Crippen LogP contribution < -0.4 is 10.6 Å². The van der Waals surface area contributed by atoms with Gasteiger partial charge in [0, 0.05) is 37.9 Å². The third-order valence-electron chi connectivity index (χ3n) is 4.88. The lowest BCUT2D eigenvalue weighted by molar-refractivity contribution is 0.258. The molecule has 0 aliphatic carbocycles. The van der Waals surface area contributed by atoms with Crippen molar-refractivity contribution in [3.05, 3.63) is 65.5 Å². The first-order chi connectivity index (χ1) is 12.6. The predicted octanol–water partition coefficient (Wildman–Crippen LogP) is 2.72. The average Bonchev–Trinajstić information content (AvgIpc) is 2.98. The Balaban J connectivity index is 1.51. The van der Waals surface area contributed by atoms with Crippen LogP contribution >= 0.6 is 0 Å². The van der Waals surface area contributed by atoms with Gasteiger partial charge in [-0.15, -0.1) is 0 Å². The van der Waals surface area contributed by atoms with Crippen molar-refractivity contribution in [3.8, 4) is 0 Å². The second-order valence-electron chi connectivity index (χ2n) is 7.04. The fraction of sp³-hybridized carbons (Fsp3) is 0.429. The van der Waals surface area contributed by atoms with Gasteiger partial charge < -0.3 is 10.6 Å². The van der Waals surface area contributed by atoms with Crippen LogP contribution in [0.25, 0.3) is 0 Å². The van der Waals surface area contributed by atoms with Gasteiger partial charge in [-0.25, -0.2) is 0 Å². The molecule has 0 bridgehead atoms. The summed E-state index contributed by atoms with van der Waals surface area (Å²) in [5, 5.41) is 6.94. The highest BCUT2D eigenvalue weighted by Crippen LogP contribution is 2.20. The zero-order valence-corrected chi connectivity index (χ0v) is 15.9. The average molecular weight is 351 g/mol. The molecule has 0 spiro atoms. The summed E-state index contributed by atoms with van der Waals surface area (Å²) in [6.45, 7) is 7.02. The molecule has 5 nitrogen and oxygen atoms in total. The highest BCUT2D eigenvalue weighted by atomic mass is 15.3. The fourth-order valence-corrected chi connectivity index (χ4v) is 3.50. The number of benzene rings is 1. The molecule has 1 aromatic heterocycles. The summed E-state index contributed by atoms with van der Waals surface area (Å²) in [6.07, 6.45) is 1.12. The summed E-state index contributed by atoms with van der Waals surface area (Å²) in [6, 6.07) is 17.7. The number of nitrogens with one attached hydrogen (secondary N) is 2. The zero-order valence-electron chi connectivity index (χ0n) is 15.9. The number of aliphatic imine (C=N–C) groups is 1. The fourth-order valence-electron chi connectivity index (χ4n) is 3.50. The van der Waals surface area contributed by atoms with Gasteiger partial charge in [0.15, 0.2) is 5.96 Å². The van der Waals surface area contributed by atoms with Crippen LogP contribution in [-0.2, 0) is 13.1 Å². The quantitative estimate of drug-likeness (QED) is 0.642. The number of aryl methyl sites for hydroxylation is 1. The third kappa shape index (κ3) is 5.05. The monoisotopic (exact) mass is 351 g/mol. The maximum absolute atomic E-state index is 4.53. The predicted molar refractivity (Wildman–Crippen MR) is 107 cm³/mol. The van der Waals surface area contributed by atoms with E-state index < -0.39 is 0 Å². The van der Waals surface area contributed by atoms with Crippen molar-refractivity contribution < 1.29 is 0 Å². The molecule has 1 aliphatic rings. The van der Waals surface area contributed by atoms with E-state index in [1.807, 2.05) is 32.2 Å². The van der Waals surface area contributed by atoms with E-state index in [4.69, 9.17) is 0 Å². The van der Waals surface area contributed by atoms with E-state index >= 15 is 0 Å². The van der Waals surface area contributed by atoms with Gasteiger partial charge in [0.2, 0.25) is 0 Å². The van der Waals surface area contributed by atoms with Gasteiger partial charge in [0.25, 0.3) is 0 Å². The van der Waals surface area contributed by atoms with Crippen LogP contribution in [-0.4, -0.2) is 41.5 Å². The summed E-state index contributed by atoms with van der Waals surface area (Å²) in [4.78, 5) is 11.4. The minimum Gasteiger partial charge on any atom is -0.352 e. The van der Waals surface area contributed by atoms with Crippen LogP contribution in [0.1, 0.15) is 30.3 Å². The molecule has 2 atom stereocenters. The van der Waals surface area contributed by atoms with Crippen LogP contribution in [0, 0.1) is 6.92 Å². The van der Waals surface area contributed by atoms with Gasteiger partial charge in [-0.1, -0.05) is 36.4 Å². The van der Waals surface area contributed by atoms with Crippen molar-refractivity contribution in [2.24, 2.45) is 4.99 Å². The highest BCUT2D eigenvalue weighted by Gasteiger charge is 2.29. The normalized spacial score (nSPS) is 21.0. The second-order valence-corrected chi connectivity index (χ2v) is 7.04. The first-order valence-electron chi connectivity index (χ1n) is 9.31. The van der Waals surface area contributed by atoms with E-state index in [1.165, 1.54) is 5.56 Å². The molecule has 1 saturated heterocycles. The molecule has 1 aromatic carbocycles. The largest absolute Gasteiger partial charge is 0.352 e. The third-order valence-corrected chi connectivity index (χ3v) is 4.88. The van der Waals surface area contributed by atoms with E-state index in [9.17, 15) is 0 Å². The Labute approximate surface area is 156 Å². The summed E-state index contributed by atoms with van der Waals surface area (Å²) in [5.74, 6) is 0.840. The van der Waals surface area contributed by atoms with Crippen molar-refractivity contribution in [2.75, 3.05) is 13.6 Å². The lowest BCUT2D eigenvalue weighted by Gasteiger charge is -2.21. The van der Waals surface area contributed by atoms with Gasteiger partial charge in [-0.2, -0.15) is 0 Å². The number of aromatic nitrogens is 1. The molecule has 2 unspecified atom stereocenters. The van der Waals surface area contributed by atoms with Crippen molar-refractivity contribution >= 4 is 5.96 Å². The molecule has 1 aliphatic heterocycles. The SMILES string of the molecule is CN=C(NCc1cccc(C)n1)NC1CC(C)N(Cc2ccccc2)C1. The van der Waals surface area contributed by atoms with Crippen LogP contribution in [0.2, 0.25) is 0 Å². The second kappa shape index (κ2) is 8.81. The van der Waals surface area contributed by atoms with E-state index in [1.54, 1.807) is 0 Å². The summed E-state index contributed by atoms with van der Waals surface area (Å²) < 4.78 is 0. The van der Waals surface area contributed by atoms with Crippen LogP contribution in [0.4, 0.5) is 0 Å². The van der Waals surface area contributed by atoms with Gasteiger partial charge in [-0.05, 0) is 38.0 Å². The van der Waals surface area contributed by atoms with Gasteiger partial charge >= 0.3 is 0 Å². The lowest BCUT2D eigenvalue weighted by Crippen LogP contribution is -2.44. The molecule has 5 heteroatoms. The van der Waals surface area contributed by atoms with Crippen LogP contribution in [0.3, 0.4) is 0 Å². The number of likely N-dealkylation sites (tertiary alicyclic amines) is 1. The smallest absolute Gasteiger partial charge is 0.191 e. The Hall–Kier alpha value is -2.40. The summed E-state index contributed by atoms with van der Waals surface area (Å²) >= 11 is 0. The standard InChI is InChI=1S/C21H29N5/c1-16-8-7-11-19(24-16)13-23-21(22-3)25-20-12-17(2)26(15-20)14-18-9-5-4-6-10-18/h4-11,17,20H,12-15H2,1-3H3,(H2,22,23,25). The number of nitrogens with zero attached hydrogens (tertiary/aromatic N) is 3. The Bertz CT molecular complexity index is 728. The molecule has 0 saturated carbocycles. The highest BCUT2D eigenvalue weighted by molar-refractivity contribution is 5.80. The minimum absolute atomic E-state index is 0.408. The van der Waals surface area contributed by atoms with E-state index in [0.717, 1.165) is 36.9 Å². The first kappa shape index (κ1) is 18.4. The van der Waals surface area contributed by atoms with Crippen molar-refractivity contribution in [3.63, 3.8) is 0 Å². The first-order valence-corrected chi connectivity index (χ1v) is 9.31. The summed E-state index contributed by atoms with van der Waals surface area (Å²) in [5.41, 5.74) is 3.43. The van der Waals surface area contributed by atoms with E-state index in [2.05, 4.69) is 62.8 Å². The molecular weight excluding hydrogens is 322 g/mol. The van der Waals surface area contributed by atoms with Gasteiger partial charge in [-0.3, -0.25) is 14.9 Å². The topological polar surface area (TPSA) is 52.6 Å². The Kier molecular flexibility index (Phi) is 6.23. The molecule has 0 radical (unpaired) electrons. The lowest BCUT2D eigenvalue weighted by atomic mass is 10.2. The molecule has 3 rings (SSSR count). The van der Waals surface area contributed by atoms with Crippen LogP contribution in [0.5, 0.6) is 0 Å². The number of rotatable bonds is 5.